The van der Waals surface area contributed by atoms with Gasteiger partial charge in [-0.2, -0.15) is 0 Å². The van der Waals surface area contributed by atoms with Gasteiger partial charge in [0.15, 0.2) is 0 Å². The van der Waals surface area contributed by atoms with Gasteiger partial charge in [0, 0.05) is 13.0 Å². The molecular weight excluding hydrogens is 172 g/mol. The van der Waals surface area contributed by atoms with Crippen LogP contribution in [0.4, 0.5) is 0 Å². The standard InChI is InChI=1S/C13H16O/c1-9(2)12-8-10-6-4-5-7-11(10)13(12)14-3/h4-7,12-13H,1,8H2,2-3H3. The third kappa shape index (κ3) is 1.38. The monoisotopic (exact) mass is 188 g/mol. The fourth-order valence-electron chi connectivity index (χ4n) is 2.28. The Labute approximate surface area is 85.4 Å². The second-order valence-corrected chi connectivity index (χ2v) is 4.01. The maximum atomic E-state index is 5.55. The zero-order chi connectivity index (χ0) is 10.1. The molecule has 1 aromatic rings. The van der Waals surface area contributed by atoms with E-state index in [9.17, 15) is 0 Å². The van der Waals surface area contributed by atoms with Crippen molar-refractivity contribution in [2.45, 2.75) is 19.4 Å². The molecule has 0 N–H and O–H groups in total. The summed E-state index contributed by atoms with van der Waals surface area (Å²) in [6, 6.07) is 8.51. The lowest BCUT2D eigenvalue weighted by Crippen LogP contribution is -2.10. The molecule has 14 heavy (non-hydrogen) atoms. The molecule has 0 spiro atoms. The maximum absolute atomic E-state index is 5.55. The van der Waals surface area contributed by atoms with Gasteiger partial charge in [0.1, 0.15) is 0 Å². The second-order valence-electron chi connectivity index (χ2n) is 4.01. The van der Waals surface area contributed by atoms with E-state index in [2.05, 4.69) is 37.8 Å². The van der Waals surface area contributed by atoms with Crippen molar-refractivity contribution < 1.29 is 4.74 Å². The highest BCUT2D eigenvalue weighted by Crippen LogP contribution is 2.41. The van der Waals surface area contributed by atoms with Crippen molar-refractivity contribution in [2.24, 2.45) is 5.92 Å². The van der Waals surface area contributed by atoms with Gasteiger partial charge in [0.05, 0.1) is 6.10 Å². The molecule has 1 aliphatic carbocycles. The van der Waals surface area contributed by atoms with Gasteiger partial charge in [-0.1, -0.05) is 36.4 Å². The molecule has 0 saturated heterocycles. The minimum absolute atomic E-state index is 0.212. The van der Waals surface area contributed by atoms with E-state index < -0.39 is 0 Å². The number of hydrogen-bond donors (Lipinski definition) is 0. The van der Waals surface area contributed by atoms with E-state index >= 15 is 0 Å². The van der Waals surface area contributed by atoms with E-state index in [-0.39, 0.29) is 6.10 Å². The van der Waals surface area contributed by atoms with Gasteiger partial charge in [-0.15, -0.1) is 0 Å². The molecule has 1 aliphatic rings. The maximum Gasteiger partial charge on any atom is 0.0891 e. The molecule has 2 unspecified atom stereocenters. The van der Waals surface area contributed by atoms with Crippen LogP contribution in [0.5, 0.6) is 0 Å². The summed E-state index contributed by atoms with van der Waals surface area (Å²) < 4.78 is 5.55. The molecule has 0 fully saturated rings. The third-order valence-electron chi connectivity index (χ3n) is 3.05. The molecule has 1 heteroatoms. The number of hydrogen-bond acceptors (Lipinski definition) is 1. The molecule has 0 heterocycles. The van der Waals surface area contributed by atoms with Gasteiger partial charge in [0.25, 0.3) is 0 Å². The zero-order valence-electron chi connectivity index (χ0n) is 8.79. The van der Waals surface area contributed by atoms with Crippen molar-refractivity contribution in [3.8, 4) is 0 Å². The minimum atomic E-state index is 0.212. The van der Waals surface area contributed by atoms with Crippen LogP contribution in [0.15, 0.2) is 36.4 Å². The van der Waals surface area contributed by atoms with E-state index in [1.165, 1.54) is 16.7 Å². The molecule has 2 atom stereocenters. The topological polar surface area (TPSA) is 9.23 Å². The SMILES string of the molecule is C=C(C)C1Cc2ccccc2C1OC. The average Bonchev–Trinajstić information content (AvgIpc) is 2.56. The van der Waals surface area contributed by atoms with Crippen LogP contribution in [-0.4, -0.2) is 7.11 Å². The molecule has 1 nitrogen and oxygen atoms in total. The molecule has 0 bridgehead atoms. The van der Waals surface area contributed by atoms with Gasteiger partial charge < -0.3 is 4.74 Å². The molecule has 74 valence electrons. The quantitative estimate of drug-likeness (QED) is 0.648. The summed E-state index contributed by atoms with van der Waals surface area (Å²) in [4.78, 5) is 0. The summed E-state index contributed by atoms with van der Waals surface area (Å²) >= 11 is 0. The predicted molar refractivity (Wildman–Crippen MR) is 58.2 cm³/mol. The molecule has 0 aromatic heterocycles. The highest BCUT2D eigenvalue weighted by Gasteiger charge is 2.32. The van der Waals surface area contributed by atoms with Crippen molar-refractivity contribution in [1.82, 2.24) is 0 Å². The second kappa shape index (κ2) is 3.58. The number of fused-ring (bicyclic) bond motifs is 1. The van der Waals surface area contributed by atoms with Gasteiger partial charge in [-0.3, -0.25) is 0 Å². The van der Waals surface area contributed by atoms with Gasteiger partial charge >= 0.3 is 0 Å². The molecule has 0 amide bonds. The average molecular weight is 188 g/mol. The van der Waals surface area contributed by atoms with Crippen molar-refractivity contribution in [2.75, 3.05) is 7.11 Å². The lowest BCUT2D eigenvalue weighted by Gasteiger charge is -2.18. The van der Waals surface area contributed by atoms with Crippen molar-refractivity contribution in [3.05, 3.63) is 47.5 Å². The molecule has 2 rings (SSSR count). The van der Waals surface area contributed by atoms with Gasteiger partial charge in [-0.25, -0.2) is 0 Å². The van der Waals surface area contributed by atoms with Crippen LogP contribution in [0.3, 0.4) is 0 Å². The van der Waals surface area contributed by atoms with Crippen molar-refractivity contribution in [3.63, 3.8) is 0 Å². The normalized spacial score (nSPS) is 24.7. The highest BCUT2D eigenvalue weighted by atomic mass is 16.5. The van der Waals surface area contributed by atoms with Crippen LogP contribution in [0.25, 0.3) is 0 Å². The first-order chi connectivity index (χ1) is 6.74. The fraction of sp³-hybridized carbons (Fsp3) is 0.385. The van der Waals surface area contributed by atoms with Gasteiger partial charge in [-0.05, 0) is 24.5 Å². The molecular formula is C13H16O. The predicted octanol–water partition coefficient (Wildman–Crippen LogP) is 3.12. The lowest BCUT2D eigenvalue weighted by molar-refractivity contribution is 0.0755. The van der Waals surface area contributed by atoms with Crippen LogP contribution in [-0.2, 0) is 11.2 Å². The van der Waals surface area contributed by atoms with Crippen LogP contribution in [0.2, 0.25) is 0 Å². The van der Waals surface area contributed by atoms with E-state index in [1.54, 1.807) is 7.11 Å². The summed E-state index contributed by atoms with van der Waals surface area (Å²) in [6.07, 6.45) is 1.29. The Kier molecular flexibility index (Phi) is 2.42. The van der Waals surface area contributed by atoms with Crippen LogP contribution >= 0.6 is 0 Å². The molecule has 0 radical (unpaired) electrons. The number of rotatable bonds is 2. The Bertz CT molecular complexity index is 354. The van der Waals surface area contributed by atoms with E-state index in [0.29, 0.717) is 5.92 Å². The number of benzene rings is 1. The summed E-state index contributed by atoms with van der Waals surface area (Å²) in [6.45, 7) is 6.12. The largest absolute Gasteiger partial charge is 0.376 e. The first-order valence-electron chi connectivity index (χ1n) is 5.00. The minimum Gasteiger partial charge on any atom is -0.376 e. The summed E-state index contributed by atoms with van der Waals surface area (Å²) in [5, 5.41) is 0. The Morgan fingerprint density at radius 2 is 2.14 bits per heavy atom. The van der Waals surface area contributed by atoms with Crippen molar-refractivity contribution >= 4 is 0 Å². The number of methoxy groups -OCH3 is 1. The summed E-state index contributed by atoms with van der Waals surface area (Å²) in [5.74, 6) is 0.456. The van der Waals surface area contributed by atoms with Crippen LogP contribution in [0.1, 0.15) is 24.2 Å². The molecule has 0 saturated carbocycles. The number of ether oxygens (including phenoxy) is 1. The Hall–Kier alpha value is -1.08. The zero-order valence-corrected chi connectivity index (χ0v) is 8.79. The fourth-order valence-corrected chi connectivity index (χ4v) is 2.28. The molecule has 0 aliphatic heterocycles. The highest BCUT2D eigenvalue weighted by molar-refractivity contribution is 5.37. The Balaban J connectivity index is 2.38. The summed E-state index contributed by atoms with van der Waals surface area (Å²) in [7, 11) is 1.78. The van der Waals surface area contributed by atoms with E-state index in [4.69, 9.17) is 4.74 Å². The molecule has 1 aromatic carbocycles. The first kappa shape index (κ1) is 9.47. The third-order valence-corrected chi connectivity index (χ3v) is 3.05. The Morgan fingerprint density at radius 3 is 2.79 bits per heavy atom. The Morgan fingerprint density at radius 1 is 1.43 bits per heavy atom. The smallest absolute Gasteiger partial charge is 0.0891 e. The van der Waals surface area contributed by atoms with Gasteiger partial charge in [0.2, 0.25) is 0 Å². The summed E-state index contributed by atoms with van der Waals surface area (Å²) in [5.41, 5.74) is 3.96. The van der Waals surface area contributed by atoms with E-state index in [1.807, 2.05) is 0 Å². The van der Waals surface area contributed by atoms with Crippen LogP contribution < -0.4 is 0 Å². The van der Waals surface area contributed by atoms with Crippen LogP contribution in [0, 0.1) is 5.92 Å². The van der Waals surface area contributed by atoms with E-state index in [0.717, 1.165) is 6.42 Å². The van der Waals surface area contributed by atoms with Crippen molar-refractivity contribution in [1.29, 1.82) is 0 Å². The lowest BCUT2D eigenvalue weighted by atomic mass is 9.96. The first-order valence-corrected chi connectivity index (χ1v) is 5.00.